The fourth-order valence-corrected chi connectivity index (χ4v) is 4.90. The maximum absolute atomic E-state index is 13.5. The van der Waals surface area contributed by atoms with E-state index in [-0.39, 0.29) is 18.5 Å². The van der Waals surface area contributed by atoms with Gasteiger partial charge in [0.25, 0.3) is 0 Å². The molecule has 2 heterocycles. The van der Waals surface area contributed by atoms with Crippen molar-refractivity contribution in [3.8, 4) is 0 Å². The summed E-state index contributed by atoms with van der Waals surface area (Å²) in [6, 6.07) is 8.95. The number of carbonyl (C=O) groups is 3. The van der Waals surface area contributed by atoms with Crippen molar-refractivity contribution in [3.05, 3.63) is 64.3 Å². The first-order valence-electron chi connectivity index (χ1n) is 12.7. The van der Waals surface area contributed by atoms with E-state index in [4.69, 9.17) is 22.1 Å². The minimum absolute atomic E-state index is 0.202. The van der Waals surface area contributed by atoms with Crippen molar-refractivity contribution in [2.24, 2.45) is 0 Å². The number of pyridine rings is 1. The highest BCUT2D eigenvalue weighted by molar-refractivity contribution is 6.30. The number of nitrogens with two attached hydrogens (primary N) is 1. The third kappa shape index (κ3) is 6.45. The van der Waals surface area contributed by atoms with Gasteiger partial charge in [0.2, 0.25) is 11.8 Å². The van der Waals surface area contributed by atoms with E-state index in [1.54, 1.807) is 45.9 Å². The number of rotatable bonds is 5. The Morgan fingerprint density at radius 1 is 1.18 bits per heavy atom. The SMILES string of the molecule is C[C@H](NC(=O)C1C=C(c2cccc(Cl)c2)CCN1C(=O)OC(C)(C)C)C(=O)N[C@@H]1CCc2nc(N)ccc21. The Bertz CT molecular complexity index is 1270. The van der Waals surface area contributed by atoms with Gasteiger partial charge in [-0.15, -0.1) is 0 Å². The van der Waals surface area contributed by atoms with E-state index >= 15 is 0 Å². The molecule has 1 aromatic heterocycles. The van der Waals surface area contributed by atoms with Gasteiger partial charge in [-0.25, -0.2) is 9.78 Å². The van der Waals surface area contributed by atoms with Crippen LogP contribution < -0.4 is 16.4 Å². The molecule has 10 heteroatoms. The van der Waals surface area contributed by atoms with Crippen LogP contribution in [0.25, 0.3) is 5.57 Å². The molecule has 0 saturated carbocycles. The van der Waals surface area contributed by atoms with Crippen LogP contribution in [0.4, 0.5) is 10.6 Å². The number of hydrogen-bond acceptors (Lipinski definition) is 6. The number of ether oxygens (including phenoxy) is 1. The summed E-state index contributed by atoms with van der Waals surface area (Å²) in [7, 11) is 0. The number of amides is 3. The predicted molar refractivity (Wildman–Crippen MR) is 146 cm³/mol. The van der Waals surface area contributed by atoms with Gasteiger partial charge < -0.3 is 21.1 Å². The number of carbonyl (C=O) groups excluding carboxylic acids is 3. The van der Waals surface area contributed by atoms with E-state index in [2.05, 4.69) is 15.6 Å². The molecule has 202 valence electrons. The fourth-order valence-electron chi connectivity index (χ4n) is 4.71. The zero-order valence-electron chi connectivity index (χ0n) is 22.1. The molecule has 0 bridgehead atoms. The highest BCUT2D eigenvalue weighted by atomic mass is 35.5. The maximum Gasteiger partial charge on any atom is 0.411 e. The topological polar surface area (TPSA) is 127 Å². The van der Waals surface area contributed by atoms with Crippen molar-refractivity contribution >= 4 is 40.9 Å². The molecule has 0 spiro atoms. The molecule has 0 fully saturated rings. The number of hydrogen-bond donors (Lipinski definition) is 3. The smallest absolute Gasteiger partial charge is 0.411 e. The maximum atomic E-state index is 13.5. The molecule has 1 aliphatic heterocycles. The quantitative estimate of drug-likeness (QED) is 0.527. The molecule has 2 aromatic rings. The van der Waals surface area contributed by atoms with Crippen LogP contribution in [0.2, 0.25) is 5.02 Å². The van der Waals surface area contributed by atoms with Gasteiger partial charge in [-0.2, -0.15) is 0 Å². The molecule has 4 rings (SSSR count). The predicted octanol–water partition coefficient (Wildman–Crippen LogP) is 4.02. The molecule has 0 radical (unpaired) electrons. The average Bonchev–Trinajstić information content (AvgIpc) is 3.23. The van der Waals surface area contributed by atoms with E-state index in [0.29, 0.717) is 23.7 Å². The van der Waals surface area contributed by atoms with Crippen LogP contribution in [0.3, 0.4) is 0 Å². The van der Waals surface area contributed by atoms with Crippen molar-refractivity contribution in [3.63, 3.8) is 0 Å². The molecular formula is C28H34ClN5O4. The minimum atomic E-state index is -0.956. The number of nitrogen functional groups attached to an aromatic ring is 1. The third-order valence-electron chi connectivity index (χ3n) is 6.55. The summed E-state index contributed by atoms with van der Waals surface area (Å²) in [5, 5.41) is 6.36. The lowest BCUT2D eigenvalue weighted by atomic mass is 9.95. The summed E-state index contributed by atoms with van der Waals surface area (Å²) in [5.41, 5.74) is 8.63. The molecule has 9 nitrogen and oxygen atoms in total. The number of fused-ring (bicyclic) bond motifs is 1. The lowest BCUT2D eigenvalue weighted by Crippen LogP contribution is -2.55. The summed E-state index contributed by atoms with van der Waals surface area (Å²) in [6.45, 7) is 7.21. The normalized spacial score (nSPS) is 19.7. The molecule has 38 heavy (non-hydrogen) atoms. The van der Waals surface area contributed by atoms with Gasteiger partial charge in [-0.3, -0.25) is 14.5 Å². The minimum Gasteiger partial charge on any atom is -0.444 e. The molecule has 3 amide bonds. The number of nitrogens with zero attached hydrogens (tertiary/aromatic N) is 2. The van der Waals surface area contributed by atoms with Crippen molar-refractivity contribution in [2.75, 3.05) is 12.3 Å². The van der Waals surface area contributed by atoms with Crippen LogP contribution in [0.1, 0.15) is 63.4 Å². The third-order valence-corrected chi connectivity index (χ3v) is 6.79. The van der Waals surface area contributed by atoms with Crippen molar-refractivity contribution < 1.29 is 19.1 Å². The van der Waals surface area contributed by atoms with Crippen molar-refractivity contribution in [1.82, 2.24) is 20.5 Å². The average molecular weight is 540 g/mol. The van der Waals surface area contributed by atoms with E-state index < -0.39 is 29.7 Å². The summed E-state index contributed by atoms with van der Waals surface area (Å²) < 4.78 is 5.56. The van der Waals surface area contributed by atoms with Gasteiger partial charge in [0.05, 0.1) is 6.04 Å². The summed E-state index contributed by atoms with van der Waals surface area (Å²) in [4.78, 5) is 45.2. The highest BCUT2D eigenvalue weighted by Crippen LogP contribution is 2.31. The number of anilines is 1. The summed E-state index contributed by atoms with van der Waals surface area (Å²) >= 11 is 6.18. The van der Waals surface area contributed by atoms with Crippen molar-refractivity contribution in [1.29, 1.82) is 0 Å². The Morgan fingerprint density at radius 2 is 1.95 bits per heavy atom. The molecule has 3 atom stereocenters. The highest BCUT2D eigenvalue weighted by Gasteiger charge is 2.36. The van der Waals surface area contributed by atoms with E-state index in [9.17, 15) is 14.4 Å². The standard InChI is InChI=1S/C28H34ClN5O4/c1-16(25(35)33-22-10-9-21-20(22)8-11-24(30)32-21)31-26(36)23-15-18(17-6-5-7-19(29)14-17)12-13-34(23)27(37)38-28(2,3)4/h5-8,11,14-16,22-23H,9-10,12-13H2,1-4H3,(H2,30,32)(H,31,36)(H,33,35)/t16-,22+,23?/m0/s1. The van der Waals surface area contributed by atoms with E-state index in [1.165, 1.54) is 4.90 Å². The van der Waals surface area contributed by atoms with Crippen LogP contribution in [0, 0.1) is 0 Å². The lowest BCUT2D eigenvalue weighted by molar-refractivity contribution is -0.131. The van der Waals surface area contributed by atoms with Crippen LogP contribution in [-0.4, -0.2) is 52.0 Å². The second-order valence-corrected chi connectivity index (χ2v) is 11.1. The monoisotopic (exact) mass is 539 g/mol. The van der Waals surface area contributed by atoms with E-state index in [0.717, 1.165) is 28.8 Å². The fraction of sp³-hybridized carbons (Fsp3) is 0.429. The second-order valence-electron chi connectivity index (χ2n) is 10.7. The first-order valence-corrected chi connectivity index (χ1v) is 13.1. The van der Waals surface area contributed by atoms with Gasteiger partial charge in [-0.1, -0.05) is 29.8 Å². The molecule has 1 unspecified atom stereocenters. The Labute approximate surface area is 227 Å². The Balaban J connectivity index is 1.50. The van der Waals surface area contributed by atoms with Crippen molar-refractivity contribution in [2.45, 2.75) is 70.7 Å². The largest absolute Gasteiger partial charge is 0.444 e. The Kier molecular flexibility index (Phi) is 7.97. The molecule has 1 aromatic carbocycles. The lowest BCUT2D eigenvalue weighted by Gasteiger charge is -2.35. The van der Waals surface area contributed by atoms with Gasteiger partial charge in [0.15, 0.2) is 0 Å². The number of halogens is 1. The van der Waals surface area contributed by atoms with E-state index in [1.807, 2.05) is 24.3 Å². The van der Waals surface area contributed by atoms with Crippen LogP contribution >= 0.6 is 11.6 Å². The molecule has 0 saturated heterocycles. The van der Waals surface area contributed by atoms with Gasteiger partial charge in [0, 0.05) is 17.3 Å². The summed E-state index contributed by atoms with van der Waals surface area (Å²) in [5.74, 6) is -0.353. The molecular weight excluding hydrogens is 506 g/mol. The first-order chi connectivity index (χ1) is 17.9. The molecule has 1 aliphatic carbocycles. The van der Waals surface area contributed by atoms with Crippen LogP contribution in [0.5, 0.6) is 0 Å². The number of nitrogens with one attached hydrogen (secondary N) is 2. The van der Waals surface area contributed by atoms with Crippen LogP contribution in [0.15, 0.2) is 42.5 Å². The summed E-state index contributed by atoms with van der Waals surface area (Å²) in [6.07, 6.45) is 3.10. The van der Waals surface area contributed by atoms with Crippen LogP contribution in [-0.2, 0) is 20.7 Å². The Morgan fingerprint density at radius 3 is 2.66 bits per heavy atom. The van der Waals surface area contributed by atoms with Gasteiger partial charge in [-0.05, 0) is 87.9 Å². The Hall–Kier alpha value is -3.59. The first kappa shape index (κ1) is 27.4. The molecule has 2 aliphatic rings. The number of aromatic nitrogens is 1. The zero-order valence-corrected chi connectivity index (χ0v) is 22.8. The number of benzene rings is 1. The van der Waals surface area contributed by atoms with Gasteiger partial charge in [0.1, 0.15) is 23.5 Å². The molecule has 4 N–H and O–H groups in total. The van der Waals surface area contributed by atoms with Gasteiger partial charge >= 0.3 is 6.09 Å². The zero-order chi connectivity index (χ0) is 27.6. The second kappa shape index (κ2) is 11.0. The number of aryl methyl sites for hydroxylation is 1.